The van der Waals surface area contributed by atoms with Gasteiger partial charge in [-0.05, 0) is 56.8 Å². The molecular formula is C19H28N4. The van der Waals surface area contributed by atoms with Crippen molar-refractivity contribution in [1.29, 1.82) is 0 Å². The van der Waals surface area contributed by atoms with Crippen molar-refractivity contribution in [2.24, 2.45) is 5.92 Å². The van der Waals surface area contributed by atoms with Crippen LogP contribution in [0.3, 0.4) is 0 Å². The molecule has 0 radical (unpaired) electrons. The van der Waals surface area contributed by atoms with Crippen LogP contribution in [0, 0.1) is 5.92 Å². The standard InChI is InChI=1S/C19H28N4/c1-2-6-12-22(11-5-1)14-16-8-7-13-23(15-16)19-20-17-9-3-4-10-18(17)21-19/h3-4,9-10,16H,1-2,5-8,11-15H2,(H,20,21). The van der Waals surface area contributed by atoms with E-state index in [1.54, 1.807) is 0 Å². The number of hydrogen-bond donors (Lipinski definition) is 1. The van der Waals surface area contributed by atoms with Gasteiger partial charge in [-0.2, -0.15) is 0 Å². The smallest absolute Gasteiger partial charge is 0.203 e. The highest BCUT2D eigenvalue weighted by Gasteiger charge is 2.24. The molecule has 4 nitrogen and oxygen atoms in total. The van der Waals surface area contributed by atoms with E-state index in [1.165, 1.54) is 58.2 Å². The molecule has 1 atom stereocenters. The molecule has 2 aliphatic heterocycles. The highest BCUT2D eigenvalue weighted by molar-refractivity contribution is 5.77. The molecule has 23 heavy (non-hydrogen) atoms. The molecule has 0 amide bonds. The topological polar surface area (TPSA) is 35.2 Å². The number of piperidine rings is 1. The van der Waals surface area contributed by atoms with Gasteiger partial charge in [0, 0.05) is 19.6 Å². The molecule has 4 rings (SSSR count). The Morgan fingerprint density at radius 3 is 2.65 bits per heavy atom. The Morgan fingerprint density at radius 2 is 1.83 bits per heavy atom. The summed E-state index contributed by atoms with van der Waals surface area (Å²) in [6.07, 6.45) is 8.28. The third kappa shape index (κ3) is 3.52. The first-order chi connectivity index (χ1) is 11.4. The number of likely N-dealkylation sites (tertiary alicyclic amines) is 1. The van der Waals surface area contributed by atoms with E-state index in [-0.39, 0.29) is 0 Å². The highest BCUT2D eigenvalue weighted by atomic mass is 15.3. The number of nitrogens with one attached hydrogen (secondary N) is 1. The molecule has 0 aliphatic carbocycles. The van der Waals surface area contributed by atoms with Gasteiger partial charge in [-0.15, -0.1) is 0 Å². The average Bonchev–Trinajstić information content (AvgIpc) is 2.86. The van der Waals surface area contributed by atoms with Crippen LogP contribution in [0.2, 0.25) is 0 Å². The van der Waals surface area contributed by atoms with E-state index in [0.29, 0.717) is 0 Å². The van der Waals surface area contributed by atoms with Crippen LogP contribution in [0.25, 0.3) is 11.0 Å². The van der Waals surface area contributed by atoms with Gasteiger partial charge in [0.15, 0.2) is 0 Å². The van der Waals surface area contributed by atoms with Crippen LogP contribution in [0.5, 0.6) is 0 Å². The number of H-pyrrole nitrogens is 1. The van der Waals surface area contributed by atoms with Gasteiger partial charge in [0.05, 0.1) is 11.0 Å². The minimum Gasteiger partial charge on any atom is -0.342 e. The number of fused-ring (bicyclic) bond motifs is 1. The third-order valence-corrected chi connectivity index (χ3v) is 5.41. The molecule has 2 fully saturated rings. The predicted molar refractivity (Wildman–Crippen MR) is 95.9 cm³/mol. The predicted octanol–water partition coefficient (Wildman–Crippen LogP) is 3.66. The number of nitrogens with zero attached hydrogens (tertiary/aromatic N) is 3. The zero-order valence-electron chi connectivity index (χ0n) is 14.0. The molecule has 0 saturated carbocycles. The van der Waals surface area contributed by atoms with E-state index < -0.39 is 0 Å². The van der Waals surface area contributed by atoms with Gasteiger partial charge in [-0.25, -0.2) is 4.98 Å². The van der Waals surface area contributed by atoms with Gasteiger partial charge < -0.3 is 14.8 Å². The van der Waals surface area contributed by atoms with Gasteiger partial charge in [0.1, 0.15) is 0 Å². The number of aromatic nitrogens is 2. The molecule has 0 spiro atoms. The Kier molecular flexibility index (Phi) is 4.51. The zero-order valence-corrected chi connectivity index (χ0v) is 14.0. The Hall–Kier alpha value is -1.55. The molecule has 1 N–H and O–H groups in total. The van der Waals surface area contributed by atoms with Crippen molar-refractivity contribution in [2.45, 2.75) is 38.5 Å². The number of rotatable bonds is 3. The number of imidazole rings is 1. The second-order valence-electron chi connectivity index (χ2n) is 7.25. The maximum absolute atomic E-state index is 4.79. The fourth-order valence-corrected chi connectivity index (χ4v) is 4.18. The van der Waals surface area contributed by atoms with E-state index in [9.17, 15) is 0 Å². The molecule has 124 valence electrons. The zero-order chi connectivity index (χ0) is 15.5. The Bertz CT molecular complexity index is 594. The Labute approximate surface area is 138 Å². The number of anilines is 1. The van der Waals surface area contributed by atoms with E-state index >= 15 is 0 Å². The van der Waals surface area contributed by atoms with Gasteiger partial charge >= 0.3 is 0 Å². The minimum atomic E-state index is 0.787. The Morgan fingerprint density at radius 1 is 1.00 bits per heavy atom. The van der Waals surface area contributed by atoms with Crippen molar-refractivity contribution in [3.05, 3.63) is 24.3 Å². The van der Waals surface area contributed by atoms with E-state index in [2.05, 4.69) is 39.0 Å². The van der Waals surface area contributed by atoms with Crippen LogP contribution in [-0.4, -0.2) is 47.6 Å². The number of benzene rings is 1. The van der Waals surface area contributed by atoms with Crippen molar-refractivity contribution >= 4 is 17.0 Å². The minimum absolute atomic E-state index is 0.787. The summed E-state index contributed by atoms with van der Waals surface area (Å²) >= 11 is 0. The largest absolute Gasteiger partial charge is 0.342 e. The quantitative estimate of drug-likeness (QED) is 0.939. The summed E-state index contributed by atoms with van der Waals surface area (Å²) in [5.74, 6) is 1.85. The fourth-order valence-electron chi connectivity index (χ4n) is 4.18. The SMILES string of the molecule is c1ccc2[nH]c(N3CCCC(CN4CCCCCC4)C3)nc2c1. The van der Waals surface area contributed by atoms with Crippen LogP contribution < -0.4 is 4.90 Å². The molecule has 1 aromatic carbocycles. The molecular weight excluding hydrogens is 284 g/mol. The summed E-state index contributed by atoms with van der Waals surface area (Å²) in [6, 6.07) is 8.34. The van der Waals surface area contributed by atoms with Gasteiger partial charge in [-0.1, -0.05) is 25.0 Å². The monoisotopic (exact) mass is 312 g/mol. The average molecular weight is 312 g/mol. The summed E-state index contributed by atoms with van der Waals surface area (Å²) in [5, 5.41) is 0. The molecule has 1 unspecified atom stereocenters. The van der Waals surface area contributed by atoms with Crippen molar-refractivity contribution < 1.29 is 0 Å². The first-order valence-electron chi connectivity index (χ1n) is 9.30. The lowest BCUT2D eigenvalue weighted by atomic mass is 9.97. The summed E-state index contributed by atoms with van der Waals surface area (Å²) in [6.45, 7) is 6.17. The van der Waals surface area contributed by atoms with E-state index in [4.69, 9.17) is 4.98 Å². The molecule has 4 heteroatoms. The van der Waals surface area contributed by atoms with E-state index in [1.807, 2.05) is 0 Å². The second kappa shape index (κ2) is 6.91. The molecule has 3 heterocycles. The molecule has 2 saturated heterocycles. The first kappa shape index (κ1) is 15.0. The maximum Gasteiger partial charge on any atom is 0.203 e. The highest BCUT2D eigenvalue weighted by Crippen LogP contribution is 2.24. The third-order valence-electron chi connectivity index (χ3n) is 5.41. The second-order valence-corrected chi connectivity index (χ2v) is 7.25. The molecule has 0 bridgehead atoms. The van der Waals surface area contributed by atoms with Crippen LogP contribution in [0.4, 0.5) is 5.95 Å². The summed E-state index contributed by atoms with van der Waals surface area (Å²) in [5.41, 5.74) is 2.23. The van der Waals surface area contributed by atoms with Crippen molar-refractivity contribution in [3.8, 4) is 0 Å². The van der Waals surface area contributed by atoms with Crippen molar-refractivity contribution in [2.75, 3.05) is 37.6 Å². The number of aromatic amines is 1. The van der Waals surface area contributed by atoms with Gasteiger partial charge in [-0.3, -0.25) is 0 Å². The van der Waals surface area contributed by atoms with Gasteiger partial charge in [0.2, 0.25) is 5.95 Å². The lowest BCUT2D eigenvalue weighted by molar-refractivity contribution is 0.222. The molecule has 2 aromatic rings. The lowest BCUT2D eigenvalue weighted by Gasteiger charge is -2.35. The summed E-state index contributed by atoms with van der Waals surface area (Å²) in [7, 11) is 0. The van der Waals surface area contributed by atoms with Crippen molar-refractivity contribution in [3.63, 3.8) is 0 Å². The fraction of sp³-hybridized carbons (Fsp3) is 0.632. The summed E-state index contributed by atoms with van der Waals surface area (Å²) in [4.78, 5) is 13.5. The van der Waals surface area contributed by atoms with E-state index in [0.717, 1.165) is 36.0 Å². The molecule has 1 aromatic heterocycles. The maximum atomic E-state index is 4.79. The lowest BCUT2D eigenvalue weighted by Crippen LogP contribution is -2.41. The van der Waals surface area contributed by atoms with Crippen molar-refractivity contribution in [1.82, 2.24) is 14.9 Å². The van der Waals surface area contributed by atoms with Gasteiger partial charge in [0.25, 0.3) is 0 Å². The molecule has 2 aliphatic rings. The first-order valence-corrected chi connectivity index (χ1v) is 9.30. The van der Waals surface area contributed by atoms with Crippen LogP contribution in [0.1, 0.15) is 38.5 Å². The normalized spacial score (nSPS) is 24.0. The van der Waals surface area contributed by atoms with Crippen LogP contribution in [-0.2, 0) is 0 Å². The van der Waals surface area contributed by atoms with Crippen LogP contribution in [0.15, 0.2) is 24.3 Å². The summed E-state index contributed by atoms with van der Waals surface area (Å²) < 4.78 is 0. The number of para-hydroxylation sites is 2. The van der Waals surface area contributed by atoms with Crippen LogP contribution >= 0.6 is 0 Å². The Balaban J connectivity index is 1.41. The number of hydrogen-bond acceptors (Lipinski definition) is 3.